The van der Waals surface area contributed by atoms with Crippen LogP contribution in [0.1, 0.15) is 20.8 Å². The molecule has 0 bridgehead atoms. The zero-order valence-corrected chi connectivity index (χ0v) is 10.3. The molecule has 3 nitrogen and oxygen atoms in total. The van der Waals surface area contributed by atoms with Crippen LogP contribution in [-0.4, -0.2) is 11.1 Å². The molecule has 0 fully saturated rings. The number of aromatic carboxylic acids is 1. The Morgan fingerprint density at radius 2 is 2.17 bits per heavy atom. The van der Waals surface area contributed by atoms with Gasteiger partial charge in [-0.2, -0.15) is 0 Å². The van der Waals surface area contributed by atoms with Crippen LogP contribution < -0.4 is 5.32 Å². The number of halogens is 1. The molecule has 0 aliphatic heterocycles. The van der Waals surface area contributed by atoms with Crippen LogP contribution in [-0.2, 0) is 13.1 Å². The maximum absolute atomic E-state index is 13.4. The third kappa shape index (κ3) is 3.15. The van der Waals surface area contributed by atoms with Gasteiger partial charge in [0.15, 0.2) is 0 Å². The van der Waals surface area contributed by atoms with E-state index in [9.17, 15) is 9.18 Å². The highest BCUT2D eigenvalue weighted by Gasteiger charge is 2.09. The zero-order valence-electron chi connectivity index (χ0n) is 9.52. The average molecular weight is 265 g/mol. The largest absolute Gasteiger partial charge is 0.478 e. The van der Waals surface area contributed by atoms with Gasteiger partial charge in [-0.25, -0.2) is 9.18 Å². The molecule has 0 aliphatic rings. The second kappa shape index (κ2) is 5.75. The molecule has 1 heterocycles. The molecule has 1 aromatic carbocycles. The monoisotopic (exact) mass is 265 g/mol. The van der Waals surface area contributed by atoms with Gasteiger partial charge < -0.3 is 10.4 Å². The molecule has 1 aromatic heterocycles. The number of thiophene rings is 1. The third-order valence-corrected chi connectivity index (χ3v) is 3.35. The van der Waals surface area contributed by atoms with Crippen molar-refractivity contribution < 1.29 is 14.3 Å². The van der Waals surface area contributed by atoms with Crippen LogP contribution in [0, 0.1) is 5.82 Å². The van der Waals surface area contributed by atoms with E-state index in [1.54, 1.807) is 17.4 Å². The van der Waals surface area contributed by atoms with Crippen LogP contribution in [0.2, 0.25) is 0 Å². The molecule has 0 saturated heterocycles. The first kappa shape index (κ1) is 12.7. The van der Waals surface area contributed by atoms with Crippen molar-refractivity contribution in [2.24, 2.45) is 0 Å². The average Bonchev–Trinajstić information content (AvgIpc) is 2.81. The van der Waals surface area contributed by atoms with Crippen LogP contribution in [0.25, 0.3) is 0 Å². The lowest BCUT2D eigenvalue weighted by Gasteiger charge is -2.05. The Bertz CT molecular complexity index is 540. The summed E-state index contributed by atoms with van der Waals surface area (Å²) in [6.45, 7) is 1.23. The van der Waals surface area contributed by atoms with Crippen molar-refractivity contribution in [1.82, 2.24) is 5.32 Å². The van der Waals surface area contributed by atoms with Gasteiger partial charge in [0.05, 0.1) is 5.56 Å². The van der Waals surface area contributed by atoms with Crippen molar-refractivity contribution in [3.05, 3.63) is 57.5 Å². The van der Waals surface area contributed by atoms with E-state index < -0.39 is 11.8 Å². The summed E-state index contributed by atoms with van der Waals surface area (Å²) in [5.41, 5.74) is 0.436. The lowest BCUT2D eigenvalue weighted by Crippen LogP contribution is -2.12. The van der Waals surface area contributed by atoms with Gasteiger partial charge >= 0.3 is 5.97 Å². The molecule has 0 spiro atoms. The predicted molar refractivity (Wildman–Crippen MR) is 68.2 cm³/mol. The molecule has 0 amide bonds. The van der Waals surface area contributed by atoms with Crippen molar-refractivity contribution in [2.75, 3.05) is 0 Å². The topological polar surface area (TPSA) is 49.3 Å². The van der Waals surface area contributed by atoms with E-state index in [0.29, 0.717) is 6.54 Å². The molecule has 18 heavy (non-hydrogen) atoms. The fourth-order valence-electron chi connectivity index (χ4n) is 1.59. The minimum absolute atomic E-state index is 0.294. The normalized spacial score (nSPS) is 10.5. The first-order valence-corrected chi connectivity index (χ1v) is 6.29. The van der Waals surface area contributed by atoms with E-state index in [4.69, 9.17) is 5.11 Å². The van der Waals surface area contributed by atoms with E-state index in [-0.39, 0.29) is 5.56 Å². The lowest BCUT2D eigenvalue weighted by molar-refractivity contribution is 0.0692. The van der Waals surface area contributed by atoms with Crippen molar-refractivity contribution in [3.8, 4) is 0 Å². The van der Waals surface area contributed by atoms with Crippen LogP contribution in [0.5, 0.6) is 0 Å². The van der Waals surface area contributed by atoms with Crippen molar-refractivity contribution in [2.45, 2.75) is 13.1 Å². The van der Waals surface area contributed by atoms with Gasteiger partial charge in [0, 0.05) is 18.0 Å². The van der Waals surface area contributed by atoms with Gasteiger partial charge in [0.25, 0.3) is 0 Å². The van der Waals surface area contributed by atoms with Crippen molar-refractivity contribution in [3.63, 3.8) is 0 Å². The summed E-state index contributed by atoms with van der Waals surface area (Å²) in [6, 6.07) is 8.16. The van der Waals surface area contributed by atoms with E-state index in [0.717, 1.165) is 12.1 Å². The van der Waals surface area contributed by atoms with Crippen LogP contribution in [0.3, 0.4) is 0 Å². The Balaban J connectivity index is 1.94. The number of hydrogen-bond acceptors (Lipinski definition) is 3. The summed E-state index contributed by atoms with van der Waals surface area (Å²) in [7, 11) is 0. The first-order valence-electron chi connectivity index (χ1n) is 5.41. The summed E-state index contributed by atoms with van der Waals surface area (Å²) in [5.74, 6) is -1.94. The van der Waals surface area contributed by atoms with E-state index >= 15 is 0 Å². The number of nitrogens with one attached hydrogen (secondary N) is 1. The summed E-state index contributed by atoms with van der Waals surface area (Å²) in [5, 5.41) is 13.9. The highest BCUT2D eigenvalue weighted by atomic mass is 32.1. The Labute approximate surface area is 108 Å². The van der Waals surface area contributed by atoms with Crippen molar-refractivity contribution in [1.29, 1.82) is 0 Å². The maximum atomic E-state index is 13.4. The molecule has 2 N–H and O–H groups in total. The minimum atomic E-state index is -1.24. The predicted octanol–water partition coefficient (Wildman–Crippen LogP) is 2.88. The molecule has 0 unspecified atom stereocenters. The minimum Gasteiger partial charge on any atom is -0.478 e. The zero-order chi connectivity index (χ0) is 13.0. The summed E-state index contributed by atoms with van der Waals surface area (Å²) >= 11 is 1.65. The molecule has 0 radical (unpaired) electrons. The number of carboxylic acid groups (broad SMARTS) is 1. The highest BCUT2D eigenvalue weighted by Crippen LogP contribution is 2.11. The smallest absolute Gasteiger partial charge is 0.338 e. The van der Waals surface area contributed by atoms with Crippen LogP contribution in [0.4, 0.5) is 4.39 Å². The molecular formula is C13H12FNO2S. The maximum Gasteiger partial charge on any atom is 0.338 e. The molecule has 0 aliphatic carbocycles. The van der Waals surface area contributed by atoms with Gasteiger partial charge in [0.2, 0.25) is 0 Å². The number of benzene rings is 1. The summed E-state index contributed by atoms with van der Waals surface area (Å²) in [6.07, 6.45) is 0. The molecule has 2 aromatic rings. The van der Waals surface area contributed by atoms with Gasteiger partial charge in [-0.05, 0) is 29.1 Å². The second-order valence-electron chi connectivity index (χ2n) is 3.80. The highest BCUT2D eigenvalue weighted by molar-refractivity contribution is 7.09. The third-order valence-electron chi connectivity index (χ3n) is 2.47. The lowest BCUT2D eigenvalue weighted by atomic mass is 10.1. The van der Waals surface area contributed by atoms with E-state index in [1.807, 2.05) is 17.5 Å². The Kier molecular flexibility index (Phi) is 4.07. The molecule has 2 rings (SSSR count). The number of carboxylic acids is 1. The number of carbonyl (C=O) groups is 1. The molecular weight excluding hydrogens is 253 g/mol. The van der Waals surface area contributed by atoms with E-state index in [2.05, 4.69) is 5.32 Å². The fourth-order valence-corrected chi connectivity index (χ4v) is 2.26. The Morgan fingerprint density at radius 1 is 1.33 bits per heavy atom. The second-order valence-corrected chi connectivity index (χ2v) is 4.83. The first-order chi connectivity index (χ1) is 8.66. The van der Waals surface area contributed by atoms with Crippen LogP contribution in [0.15, 0.2) is 35.7 Å². The fraction of sp³-hybridized carbons (Fsp3) is 0.154. The van der Waals surface area contributed by atoms with Gasteiger partial charge in [-0.1, -0.05) is 12.1 Å². The standard InChI is InChI=1S/C13H12FNO2S/c14-12-6-9(3-4-11(12)13(16)17)7-15-8-10-2-1-5-18-10/h1-6,15H,7-8H2,(H,16,17). The van der Waals surface area contributed by atoms with Crippen molar-refractivity contribution >= 4 is 17.3 Å². The SMILES string of the molecule is O=C(O)c1ccc(CNCc2cccs2)cc1F. The van der Waals surface area contributed by atoms with Gasteiger partial charge in [0.1, 0.15) is 5.82 Å². The van der Waals surface area contributed by atoms with E-state index in [1.165, 1.54) is 17.0 Å². The van der Waals surface area contributed by atoms with Crippen LogP contribution >= 0.6 is 11.3 Å². The van der Waals surface area contributed by atoms with Gasteiger partial charge in [-0.15, -0.1) is 11.3 Å². The quantitative estimate of drug-likeness (QED) is 0.874. The molecule has 0 saturated carbocycles. The molecule has 0 atom stereocenters. The molecule has 5 heteroatoms. The summed E-state index contributed by atoms with van der Waals surface area (Å²) in [4.78, 5) is 11.9. The molecule has 94 valence electrons. The Hall–Kier alpha value is -1.72. The Morgan fingerprint density at radius 3 is 2.78 bits per heavy atom. The number of hydrogen-bond donors (Lipinski definition) is 2. The summed E-state index contributed by atoms with van der Waals surface area (Å²) < 4.78 is 13.4. The number of rotatable bonds is 5. The van der Waals surface area contributed by atoms with Gasteiger partial charge in [-0.3, -0.25) is 0 Å².